The van der Waals surface area contributed by atoms with Crippen LogP contribution >= 0.6 is 0 Å². The second-order valence-electron chi connectivity index (χ2n) is 4.07. The molecule has 16 heavy (non-hydrogen) atoms. The lowest BCUT2D eigenvalue weighted by Gasteiger charge is -2.29. The van der Waals surface area contributed by atoms with Gasteiger partial charge >= 0.3 is 5.97 Å². The summed E-state index contributed by atoms with van der Waals surface area (Å²) in [7, 11) is 0. The van der Waals surface area contributed by atoms with Gasteiger partial charge in [0.1, 0.15) is 5.82 Å². The van der Waals surface area contributed by atoms with Crippen LogP contribution in [0.25, 0.3) is 0 Å². The molecule has 2 unspecified atom stereocenters. The highest BCUT2D eigenvalue weighted by Gasteiger charge is 2.30. The Labute approximate surface area is 93.9 Å². The van der Waals surface area contributed by atoms with Gasteiger partial charge in [-0.15, -0.1) is 0 Å². The SMILES string of the molecule is O=C(O)C1CCCCC1Nc1cnccn1. The molecule has 86 valence electrons. The molecule has 0 aromatic carbocycles. The van der Waals surface area contributed by atoms with Crippen molar-refractivity contribution in [3.05, 3.63) is 18.6 Å². The summed E-state index contributed by atoms with van der Waals surface area (Å²) in [6, 6.07) is -0.0250. The second-order valence-corrected chi connectivity index (χ2v) is 4.07. The Kier molecular flexibility index (Phi) is 3.34. The zero-order valence-corrected chi connectivity index (χ0v) is 8.97. The van der Waals surface area contributed by atoms with Crippen molar-refractivity contribution in [2.75, 3.05) is 5.32 Å². The standard InChI is InChI=1S/C11H15N3O2/c15-11(16)8-3-1-2-4-9(8)14-10-7-12-5-6-13-10/h5-9H,1-4H2,(H,13,14)(H,15,16). The van der Waals surface area contributed by atoms with Crippen LogP contribution in [0, 0.1) is 5.92 Å². The number of nitrogens with one attached hydrogen (secondary N) is 1. The van der Waals surface area contributed by atoms with Gasteiger partial charge in [0.2, 0.25) is 0 Å². The molecular formula is C11H15N3O2. The molecule has 1 heterocycles. The molecule has 0 spiro atoms. The summed E-state index contributed by atoms with van der Waals surface area (Å²) in [6.07, 6.45) is 8.51. The lowest BCUT2D eigenvalue weighted by molar-refractivity contribution is -0.143. The first-order valence-corrected chi connectivity index (χ1v) is 5.53. The Balaban J connectivity index is 2.04. The minimum Gasteiger partial charge on any atom is -0.481 e. The Morgan fingerprint density at radius 1 is 1.38 bits per heavy atom. The number of aliphatic carboxylic acids is 1. The molecule has 1 fully saturated rings. The van der Waals surface area contributed by atoms with Crippen molar-refractivity contribution < 1.29 is 9.90 Å². The van der Waals surface area contributed by atoms with Crippen LogP contribution < -0.4 is 5.32 Å². The van der Waals surface area contributed by atoms with Crippen molar-refractivity contribution in [2.45, 2.75) is 31.7 Å². The van der Waals surface area contributed by atoms with E-state index in [1.165, 1.54) is 0 Å². The van der Waals surface area contributed by atoms with E-state index in [1.807, 2.05) is 0 Å². The van der Waals surface area contributed by atoms with Crippen molar-refractivity contribution in [2.24, 2.45) is 5.92 Å². The molecule has 2 N–H and O–H groups in total. The Morgan fingerprint density at radius 2 is 2.19 bits per heavy atom. The monoisotopic (exact) mass is 221 g/mol. The average Bonchev–Trinajstić information content (AvgIpc) is 2.31. The number of carboxylic acids is 1. The maximum absolute atomic E-state index is 11.1. The maximum Gasteiger partial charge on any atom is 0.308 e. The number of aromatic nitrogens is 2. The number of nitrogens with zero attached hydrogens (tertiary/aromatic N) is 2. The average molecular weight is 221 g/mol. The topological polar surface area (TPSA) is 75.1 Å². The minimum atomic E-state index is -0.721. The third kappa shape index (κ3) is 2.48. The molecule has 5 heteroatoms. The molecule has 2 atom stereocenters. The van der Waals surface area contributed by atoms with Gasteiger partial charge in [0, 0.05) is 18.4 Å². The molecule has 1 saturated carbocycles. The largest absolute Gasteiger partial charge is 0.481 e. The lowest BCUT2D eigenvalue weighted by atomic mass is 9.84. The van der Waals surface area contributed by atoms with Gasteiger partial charge in [-0.05, 0) is 12.8 Å². The first-order chi connectivity index (χ1) is 7.77. The molecule has 0 aliphatic heterocycles. The zero-order chi connectivity index (χ0) is 11.4. The maximum atomic E-state index is 11.1. The van der Waals surface area contributed by atoms with Crippen LogP contribution in [-0.4, -0.2) is 27.1 Å². The van der Waals surface area contributed by atoms with Gasteiger partial charge in [0.15, 0.2) is 0 Å². The van der Waals surface area contributed by atoms with E-state index in [2.05, 4.69) is 15.3 Å². The van der Waals surface area contributed by atoms with Crippen molar-refractivity contribution in [1.82, 2.24) is 9.97 Å². The number of hydrogen-bond donors (Lipinski definition) is 2. The summed E-state index contributed by atoms with van der Waals surface area (Å²) in [6.45, 7) is 0. The highest BCUT2D eigenvalue weighted by atomic mass is 16.4. The van der Waals surface area contributed by atoms with Crippen LogP contribution in [0.5, 0.6) is 0 Å². The van der Waals surface area contributed by atoms with Crippen LogP contribution in [0.3, 0.4) is 0 Å². The summed E-state index contributed by atoms with van der Waals surface area (Å²) in [5.74, 6) is -0.377. The Hall–Kier alpha value is -1.65. The van der Waals surface area contributed by atoms with Gasteiger partial charge in [-0.3, -0.25) is 9.78 Å². The molecule has 1 aliphatic rings. The first-order valence-electron chi connectivity index (χ1n) is 5.53. The third-order valence-electron chi connectivity index (χ3n) is 2.98. The summed E-state index contributed by atoms with van der Waals surface area (Å²) < 4.78 is 0. The molecule has 1 aliphatic carbocycles. The van der Waals surface area contributed by atoms with E-state index in [0.717, 1.165) is 25.7 Å². The fourth-order valence-corrected chi connectivity index (χ4v) is 2.16. The van der Waals surface area contributed by atoms with Crippen molar-refractivity contribution in [1.29, 1.82) is 0 Å². The van der Waals surface area contributed by atoms with E-state index in [9.17, 15) is 4.79 Å². The number of hydrogen-bond acceptors (Lipinski definition) is 4. The minimum absolute atomic E-state index is 0.0250. The molecule has 1 aromatic rings. The number of anilines is 1. The highest BCUT2D eigenvalue weighted by molar-refractivity contribution is 5.71. The van der Waals surface area contributed by atoms with Crippen molar-refractivity contribution in [3.8, 4) is 0 Å². The van der Waals surface area contributed by atoms with E-state index in [4.69, 9.17) is 5.11 Å². The molecule has 0 bridgehead atoms. The Bertz CT molecular complexity index is 356. The lowest BCUT2D eigenvalue weighted by Crippen LogP contribution is -2.37. The molecular weight excluding hydrogens is 206 g/mol. The predicted octanol–water partition coefficient (Wildman–Crippen LogP) is 1.53. The van der Waals surface area contributed by atoms with E-state index < -0.39 is 5.97 Å². The van der Waals surface area contributed by atoms with E-state index in [-0.39, 0.29) is 12.0 Å². The molecule has 1 aromatic heterocycles. The normalized spacial score (nSPS) is 25.0. The van der Waals surface area contributed by atoms with Crippen molar-refractivity contribution >= 4 is 11.8 Å². The molecule has 0 amide bonds. The van der Waals surface area contributed by atoms with Crippen LogP contribution in [0.1, 0.15) is 25.7 Å². The number of carbonyl (C=O) groups is 1. The van der Waals surface area contributed by atoms with Gasteiger partial charge in [0.25, 0.3) is 0 Å². The summed E-state index contributed by atoms with van der Waals surface area (Å²) in [4.78, 5) is 19.1. The smallest absolute Gasteiger partial charge is 0.308 e. The van der Waals surface area contributed by atoms with E-state index >= 15 is 0 Å². The predicted molar refractivity (Wildman–Crippen MR) is 59.0 cm³/mol. The third-order valence-corrected chi connectivity index (χ3v) is 2.98. The quantitative estimate of drug-likeness (QED) is 0.809. The molecule has 2 rings (SSSR count). The molecule has 0 radical (unpaired) electrons. The van der Waals surface area contributed by atoms with Gasteiger partial charge < -0.3 is 10.4 Å². The van der Waals surface area contributed by atoms with E-state index in [1.54, 1.807) is 18.6 Å². The van der Waals surface area contributed by atoms with Gasteiger partial charge in [-0.2, -0.15) is 0 Å². The zero-order valence-electron chi connectivity index (χ0n) is 8.97. The fourth-order valence-electron chi connectivity index (χ4n) is 2.16. The van der Waals surface area contributed by atoms with Crippen LogP contribution in [0.15, 0.2) is 18.6 Å². The number of carboxylic acid groups (broad SMARTS) is 1. The van der Waals surface area contributed by atoms with Crippen LogP contribution in [0.2, 0.25) is 0 Å². The molecule has 5 nitrogen and oxygen atoms in total. The summed E-state index contributed by atoms with van der Waals surface area (Å²) in [5, 5.41) is 12.3. The van der Waals surface area contributed by atoms with Crippen LogP contribution in [-0.2, 0) is 4.79 Å². The summed E-state index contributed by atoms with van der Waals surface area (Å²) in [5.41, 5.74) is 0. The fraction of sp³-hybridized carbons (Fsp3) is 0.545. The summed E-state index contributed by atoms with van der Waals surface area (Å²) >= 11 is 0. The Morgan fingerprint density at radius 3 is 2.88 bits per heavy atom. The van der Waals surface area contributed by atoms with Crippen LogP contribution in [0.4, 0.5) is 5.82 Å². The second kappa shape index (κ2) is 4.92. The number of rotatable bonds is 3. The van der Waals surface area contributed by atoms with Gasteiger partial charge in [0.05, 0.1) is 12.1 Å². The van der Waals surface area contributed by atoms with Gasteiger partial charge in [-0.1, -0.05) is 12.8 Å². The highest BCUT2D eigenvalue weighted by Crippen LogP contribution is 2.26. The molecule has 0 saturated heterocycles. The van der Waals surface area contributed by atoms with Gasteiger partial charge in [-0.25, -0.2) is 4.98 Å². The van der Waals surface area contributed by atoms with Crippen molar-refractivity contribution in [3.63, 3.8) is 0 Å². The van der Waals surface area contributed by atoms with E-state index in [0.29, 0.717) is 5.82 Å². The first kappa shape index (κ1) is 10.9.